The van der Waals surface area contributed by atoms with Crippen molar-refractivity contribution in [2.75, 3.05) is 6.54 Å². The lowest BCUT2D eigenvalue weighted by atomic mass is 9.88. The van der Waals surface area contributed by atoms with Gasteiger partial charge in [-0.25, -0.2) is 0 Å². The van der Waals surface area contributed by atoms with Crippen LogP contribution in [0.4, 0.5) is 0 Å². The van der Waals surface area contributed by atoms with E-state index in [4.69, 9.17) is 5.73 Å². The van der Waals surface area contributed by atoms with E-state index in [2.05, 4.69) is 31.3 Å². The van der Waals surface area contributed by atoms with Gasteiger partial charge in [0.15, 0.2) is 0 Å². The Morgan fingerprint density at radius 2 is 1.46 bits per heavy atom. The summed E-state index contributed by atoms with van der Waals surface area (Å²) in [5, 5.41) is 3.04. The molecular formula is C20H27ClN2O. The predicted molar refractivity (Wildman–Crippen MR) is 102 cm³/mol. The van der Waals surface area contributed by atoms with Gasteiger partial charge in [0.1, 0.15) is 0 Å². The minimum Gasteiger partial charge on any atom is -0.355 e. The highest BCUT2D eigenvalue weighted by Crippen LogP contribution is 2.23. The molecule has 0 radical (unpaired) electrons. The second-order valence-electron chi connectivity index (χ2n) is 6.29. The minimum atomic E-state index is -0.259. The quantitative estimate of drug-likeness (QED) is 0.794. The van der Waals surface area contributed by atoms with Gasteiger partial charge in [0.2, 0.25) is 5.91 Å². The molecule has 24 heavy (non-hydrogen) atoms. The van der Waals surface area contributed by atoms with E-state index in [1.807, 2.05) is 48.5 Å². The zero-order valence-corrected chi connectivity index (χ0v) is 15.1. The van der Waals surface area contributed by atoms with Crippen LogP contribution < -0.4 is 11.1 Å². The number of amides is 1. The Balaban J connectivity index is 0.00000288. The number of carbonyl (C=O) groups is 1. The van der Waals surface area contributed by atoms with Crippen LogP contribution >= 0.6 is 12.4 Å². The first-order chi connectivity index (χ1) is 11.1. The van der Waals surface area contributed by atoms with Gasteiger partial charge in [0.25, 0.3) is 0 Å². The summed E-state index contributed by atoms with van der Waals surface area (Å²) in [6, 6.07) is 19.8. The van der Waals surface area contributed by atoms with E-state index in [0.29, 0.717) is 24.8 Å². The molecule has 2 aromatic carbocycles. The molecule has 0 bridgehead atoms. The molecule has 2 aromatic rings. The highest BCUT2D eigenvalue weighted by atomic mass is 35.5. The van der Waals surface area contributed by atoms with E-state index in [9.17, 15) is 4.79 Å². The van der Waals surface area contributed by atoms with Crippen molar-refractivity contribution in [1.82, 2.24) is 5.32 Å². The molecule has 2 rings (SSSR count). The smallest absolute Gasteiger partial charge is 0.221 e. The molecule has 0 heterocycles. The average Bonchev–Trinajstić information content (AvgIpc) is 2.56. The lowest BCUT2D eigenvalue weighted by Crippen LogP contribution is -2.32. The van der Waals surface area contributed by atoms with Gasteiger partial charge in [-0.3, -0.25) is 4.79 Å². The van der Waals surface area contributed by atoms with Crippen LogP contribution in [-0.4, -0.2) is 12.5 Å². The van der Waals surface area contributed by atoms with Crippen molar-refractivity contribution in [2.24, 2.45) is 11.7 Å². The Kier molecular flexibility index (Phi) is 8.51. The third kappa shape index (κ3) is 5.99. The topological polar surface area (TPSA) is 55.1 Å². The van der Waals surface area contributed by atoms with Crippen molar-refractivity contribution in [2.45, 2.75) is 32.2 Å². The molecule has 0 spiro atoms. The van der Waals surface area contributed by atoms with Crippen LogP contribution in [0.25, 0.3) is 0 Å². The lowest BCUT2D eigenvalue weighted by molar-refractivity contribution is -0.121. The Bertz CT molecular complexity index is 602. The van der Waals surface area contributed by atoms with E-state index in [-0.39, 0.29) is 24.4 Å². The summed E-state index contributed by atoms with van der Waals surface area (Å²) in [4.78, 5) is 12.2. The molecule has 1 amide bonds. The van der Waals surface area contributed by atoms with Gasteiger partial charge in [0, 0.05) is 24.9 Å². The monoisotopic (exact) mass is 346 g/mol. The second kappa shape index (κ2) is 10.1. The number of hydrogen-bond acceptors (Lipinski definition) is 2. The Labute approximate surface area is 151 Å². The zero-order valence-electron chi connectivity index (χ0n) is 14.3. The molecule has 3 nitrogen and oxygen atoms in total. The molecule has 2 atom stereocenters. The minimum absolute atomic E-state index is 0. The largest absolute Gasteiger partial charge is 0.355 e. The van der Waals surface area contributed by atoms with Crippen LogP contribution in [0.2, 0.25) is 0 Å². The fraction of sp³-hybridized carbons (Fsp3) is 0.350. The van der Waals surface area contributed by atoms with E-state index >= 15 is 0 Å². The van der Waals surface area contributed by atoms with E-state index in [1.165, 1.54) is 5.56 Å². The molecule has 0 aliphatic carbocycles. The molecule has 4 heteroatoms. The van der Waals surface area contributed by atoms with Gasteiger partial charge in [-0.05, 0) is 17.0 Å². The van der Waals surface area contributed by atoms with Crippen LogP contribution in [-0.2, 0) is 4.79 Å². The van der Waals surface area contributed by atoms with Crippen LogP contribution in [0.15, 0.2) is 60.7 Å². The molecular weight excluding hydrogens is 320 g/mol. The maximum absolute atomic E-state index is 12.2. The van der Waals surface area contributed by atoms with Crippen LogP contribution in [0.5, 0.6) is 0 Å². The third-order valence-corrected chi connectivity index (χ3v) is 4.18. The molecule has 0 aliphatic heterocycles. The van der Waals surface area contributed by atoms with Crippen molar-refractivity contribution < 1.29 is 4.79 Å². The van der Waals surface area contributed by atoms with Gasteiger partial charge in [-0.1, -0.05) is 74.5 Å². The normalized spacial score (nSPS) is 13.0. The Morgan fingerprint density at radius 3 is 1.96 bits per heavy atom. The lowest BCUT2D eigenvalue weighted by Gasteiger charge is -2.22. The van der Waals surface area contributed by atoms with E-state index in [0.717, 1.165) is 5.56 Å². The van der Waals surface area contributed by atoms with Crippen LogP contribution in [0.1, 0.15) is 43.4 Å². The van der Waals surface area contributed by atoms with Gasteiger partial charge in [-0.2, -0.15) is 0 Å². The number of halogens is 1. The summed E-state index contributed by atoms with van der Waals surface area (Å²) in [6.07, 6.45) is 0.309. The number of rotatable bonds is 7. The first-order valence-electron chi connectivity index (χ1n) is 8.20. The first-order valence-corrected chi connectivity index (χ1v) is 8.20. The Morgan fingerprint density at radius 1 is 0.958 bits per heavy atom. The summed E-state index contributed by atoms with van der Waals surface area (Å²) < 4.78 is 0. The SMILES string of the molecule is CC(C)C(CNC(=O)CC(N)c1ccccc1)c1ccccc1.Cl. The Hall–Kier alpha value is -1.84. The van der Waals surface area contributed by atoms with Crippen molar-refractivity contribution >= 4 is 18.3 Å². The molecule has 0 aromatic heterocycles. The van der Waals surface area contributed by atoms with E-state index < -0.39 is 0 Å². The third-order valence-electron chi connectivity index (χ3n) is 4.18. The highest BCUT2D eigenvalue weighted by molar-refractivity contribution is 5.85. The zero-order chi connectivity index (χ0) is 16.7. The van der Waals surface area contributed by atoms with Crippen molar-refractivity contribution in [3.63, 3.8) is 0 Å². The van der Waals surface area contributed by atoms with Crippen molar-refractivity contribution in [1.29, 1.82) is 0 Å². The fourth-order valence-corrected chi connectivity index (χ4v) is 2.75. The fourth-order valence-electron chi connectivity index (χ4n) is 2.75. The standard InChI is InChI=1S/C20H26N2O.ClH/c1-15(2)18(16-9-5-3-6-10-16)14-22-20(23)13-19(21)17-11-7-4-8-12-17;/h3-12,15,18-19H,13-14,21H2,1-2H3,(H,22,23);1H. The second-order valence-corrected chi connectivity index (χ2v) is 6.29. The molecule has 2 unspecified atom stereocenters. The highest BCUT2D eigenvalue weighted by Gasteiger charge is 2.18. The summed E-state index contributed by atoms with van der Waals surface area (Å²) in [7, 11) is 0. The summed E-state index contributed by atoms with van der Waals surface area (Å²) in [5.74, 6) is 0.775. The molecule has 130 valence electrons. The number of nitrogens with two attached hydrogens (primary N) is 1. The summed E-state index contributed by atoms with van der Waals surface area (Å²) in [5.41, 5.74) is 8.36. The number of hydrogen-bond donors (Lipinski definition) is 2. The van der Waals surface area contributed by atoms with Crippen molar-refractivity contribution in [3.05, 3.63) is 71.8 Å². The maximum Gasteiger partial charge on any atom is 0.221 e. The van der Waals surface area contributed by atoms with Crippen LogP contribution in [0, 0.1) is 5.92 Å². The van der Waals surface area contributed by atoms with Crippen molar-refractivity contribution in [3.8, 4) is 0 Å². The number of benzene rings is 2. The van der Waals surface area contributed by atoms with Crippen LogP contribution in [0.3, 0.4) is 0 Å². The molecule has 0 fully saturated rings. The summed E-state index contributed by atoms with van der Waals surface area (Å²) in [6.45, 7) is 5.00. The average molecular weight is 347 g/mol. The number of carbonyl (C=O) groups excluding carboxylic acids is 1. The molecule has 0 saturated heterocycles. The first kappa shape index (κ1) is 20.2. The van der Waals surface area contributed by atoms with E-state index in [1.54, 1.807) is 0 Å². The van der Waals surface area contributed by atoms with Gasteiger partial charge in [0.05, 0.1) is 0 Å². The maximum atomic E-state index is 12.2. The molecule has 3 N–H and O–H groups in total. The molecule has 0 aliphatic rings. The van der Waals surface area contributed by atoms with Gasteiger partial charge >= 0.3 is 0 Å². The summed E-state index contributed by atoms with van der Waals surface area (Å²) >= 11 is 0. The predicted octanol–water partition coefficient (Wildman–Crippen LogP) is 4.05. The van der Waals surface area contributed by atoms with Gasteiger partial charge < -0.3 is 11.1 Å². The van der Waals surface area contributed by atoms with Gasteiger partial charge in [-0.15, -0.1) is 12.4 Å². The number of nitrogens with one attached hydrogen (secondary N) is 1. The molecule has 0 saturated carbocycles.